The van der Waals surface area contributed by atoms with Gasteiger partial charge in [-0.15, -0.1) is 6.58 Å². The molecule has 0 spiro atoms. The Balaban J connectivity index is 2.24. The fraction of sp³-hybridized carbons (Fsp3) is 0.0556. The lowest BCUT2D eigenvalue weighted by atomic mass is 10.1. The van der Waals surface area contributed by atoms with Gasteiger partial charge in [-0.25, -0.2) is 0 Å². The van der Waals surface area contributed by atoms with Gasteiger partial charge < -0.3 is 9.52 Å². The van der Waals surface area contributed by atoms with Crippen molar-refractivity contribution in [2.24, 2.45) is 0 Å². The van der Waals surface area contributed by atoms with E-state index in [0.29, 0.717) is 28.7 Å². The van der Waals surface area contributed by atoms with E-state index in [4.69, 9.17) is 4.42 Å². The highest BCUT2D eigenvalue weighted by molar-refractivity contribution is 5.80. The summed E-state index contributed by atoms with van der Waals surface area (Å²) in [5.41, 5.74) is 1.92. The Hall–Kier alpha value is -2.81. The molecule has 0 amide bonds. The third kappa shape index (κ3) is 2.46. The highest BCUT2D eigenvalue weighted by atomic mass is 16.3. The molecule has 0 fully saturated rings. The van der Waals surface area contributed by atoms with E-state index >= 15 is 0 Å². The van der Waals surface area contributed by atoms with E-state index < -0.39 is 0 Å². The van der Waals surface area contributed by atoms with Crippen LogP contribution >= 0.6 is 0 Å². The Bertz CT molecular complexity index is 875. The summed E-state index contributed by atoms with van der Waals surface area (Å²) in [7, 11) is 0. The highest BCUT2D eigenvalue weighted by Gasteiger charge is 2.10. The van der Waals surface area contributed by atoms with Crippen LogP contribution in [0.1, 0.15) is 5.56 Å². The van der Waals surface area contributed by atoms with Crippen LogP contribution in [0.2, 0.25) is 0 Å². The van der Waals surface area contributed by atoms with E-state index in [0.717, 1.165) is 5.56 Å². The van der Waals surface area contributed by atoms with Gasteiger partial charge in [0.1, 0.15) is 17.1 Å². The summed E-state index contributed by atoms with van der Waals surface area (Å²) in [6.45, 7) is 3.70. The third-order valence-corrected chi connectivity index (χ3v) is 3.34. The summed E-state index contributed by atoms with van der Waals surface area (Å²) in [5.74, 6) is 0.448. The molecule has 3 rings (SSSR count). The van der Waals surface area contributed by atoms with Crippen molar-refractivity contribution in [3.8, 4) is 17.1 Å². The van der Waals surface area contributed by atoms with Crippen LogP contribution in [0.3, 0.4) is 0 Å². The van der Waals surface area contributed by atoms with Crippen molar-refractivity contribution in [3.63, 3.8) is 0 Å². The molecule has 104 valence electrons. The zero-order valence-corrected chi connectivity index (χ0v) is 11.4. The normalized spacial score (nSPS) is 10.7. The second kappa shape index (κ2) is 5.29. The van der Waals surface area contributed by atoms with Gasteiger partial charge in [0, 0.05) is 6.07 Å². The predicted molar refractivity (Wildman–Crippen MR) is 83.5 cm³/mol. The summed E-state index contributed by atoms with van der Waals surface area (Å²) >= 11 is 0. The molecule has 0 aliphatic carbocycles. The minimum absolute atomic E-state index is 0.0854. The molecule has 1 N–H and O–H groups in total. The number of aromatic hydroxyl groups is 1. The molecule has 0 radical (unpaired) electrons. The van der Waals surface area contributed by atoms with Crippen LogP contribution in [0.25, 0.3) is 22.3 Å². The molecule has 21 heavy (non-hydrogen) atoms. The van der Waals surface area contributed by atoms with Crippen molar-refractivity contribution in [2.75, 3.05) is 0 Å². The Kier molecular flexibility index (Phi) is 3.32. The van der Waals surface area contributed by atoms with Gasteiger partial charge in [0.25, 0.3) is 0 Å². The number of allylic oxidation sites excluding steroid dienone is 1. The number of fused-ring (bicyclic) bond motifs is 1. The Morgan fingerprint density at radius 3 is 2.71 bits per heavy atom. The van der Waals surface area contributed by atoms with E-state index in [2.05, 4.69) is 6.58 Å². The van der Waals surface area contributed by atoms with Crippen LogP contribution < -0.4 is 5.43 Å². The molecular formula is C18H14O3. The molecule has 0 saturated carbocycles. The van der Waals surface area contributed by atoms with Crippen molar-refractivity contribution in [1.82, 2.24) is 0 Å². The van der Waals surface area contributed by atoms with Crippen LogP contribution in [-0.2, 0) is 6.42 Å². The average Bonchev–Trinajstić information content (AvgIpc) is 2.47. The fourth-order valence-corrected chi connectivity index (χ4v) is 2.31. The first kappa shape index (κ1) is 13.2. The van der Waals surface area contributed by atoms with Gasteiger partial charge in [-0.3, -0.25) is 4.79 Å². The van der Waals surface area contributed by atoms with Gasteiger partial charge in [0.2, 0.25) is 0 Å². The molecule has 3 aromatic rings. The van der Waals surface area contributed by atoms with Crippen LogP contribution in [0, 0.1) is 0 Å². The first-order valence-electron chi connectivity index (χ1n) is 6.65. The standard InChI is InChI=1S/C18H14O3/c1-2-5-12-8-9-14-16(20)11-18(21-17(14)10-12)13-6-3-4-7-15(13)19/h2-4,6-11,19H,1,5H2. The maximum Gasteiger partial charge on any atom is 0.193 e. The van der Waals surface area contributed by atoms with Crippen molar-refractivity contribution < 1.29 is 9.52 Å². The van der Waals surface area contributed by atoms with Gasteiger partial charge in [-0.2, -0.15) is 0 Å². The van der Waals surface area contributed by atoms with Gasteiger partial charge in [-0.1, -0.05) is 24.3 Å². The van der Waals surface area contributed by atoms with Crippen LogP contribution in [0.15, 0.2) is 70.4 Å². The van der Waals surface area contributed by atoms with E-state index in [9.17, 15) is 9.90 Å². The van der Waals surface area contributed by atoms with E-state index in [1.165, 1.54) is 6.07 Å². The minimum Gasteiger partial charge on any atom is -0.507 e. The number of phenols is 1. The smallest absolute Gasteiger partial charge is 0.193 e. The first-order chi connectivity index (χ1) is 10.2. The molecule has 1 heterocycles. The number of para-hydroxylation sites is 1. The van der Waals surface area contributed by atoms with Crippen LogP contribution in [0.5, 0.6) is 5.75 Å². The minimum atomic E-state index is -0.125. The van der Waals surface area contributed by atoms with Crippen molar-refractivity contribution >= 4 is 11.0 Å². The zero-order chi connectivity index (χ0) is 14.8. The van der Waals surface area contributed by atoms with Gasteiger partial charge in [-0.05, 0) is 36.2 Å². The number of phenolic OH excluding ortho intramolecular Hbond substituents is 1. The largest absolute Gasteiger partial charge is 0.507 e. The molecular weight excluding hydrogens is 264 g/mol. The first-order valence-corrected chi connectivity index (χ1v) is 6.65. The van der Waals surface area contributed by atoms with Crippen LogP contribution in [0.4, 0.5) is 0 Å². The number of rotatable bonds is 3. The average molecular weight is 278 g/mol. The maximum absolute atomic E-state index is 12.2. The topological polar surface area (TPSA) is 50.4 Å². The molecule has 0 atom stereocenters. The number of hydrogen-bond acceptors (Lipinski definition) is 3. The summed E-state index contributed by atoms with van der Waals surface area (Å²) in [6, 6.07) is 13.7. The molecule has 0 saturated heterocycles. The second-order valence-corrected chi connectivity index (χ2v) is 4.82. The highest BCUT2D eigenvalue weighted by Crippen LogP contribution is 2.29. The lowest BCUT2D eigenvalue weighted by Gasteiger charge is -2.06. The van der Waals surface area contributed by atoms with Crippen molar-refractivity contribution in [1.29, 1.82) is 0 Å². The third-order valence-electron chi connectivity index (χ3n) is 3.34. The van der Waals surface area contributed by atoms with E-state index in [1.807, 2.05) is 12.1 Å². The Morgan fingerprint density at radius 1 is 1.14 bits per heavy atom. The summed E-state index contributed by atoms with van der Waals surface area (Å²) in [5, 5.41) is 10.4. The van der Waals surface area contributed by atoms with Gasteiger partial charge >= 0.3 is 0 Å². The fourth-order valence-electron chi connectivity index (χ4n) is 2.31. The number of hydrogen-bond donors (Lipinski definition) is 1. The van der Waals surface area contributed by atoms with Gasteiger partial charge in [0.05, 0.1) is 10.9 Å². The van der Waals surface area contributed by atoms with E-state index in [1.54, 1.807) is 36.4 Å². The summed E-state index contributed by atoms with van der Waals surface area (Å²) in [4.78, 5) is 12.2. The SMILES string of the molecule is C=CCc1ccc2c(=O)cc(-c3ccccc3O)oc2c1. The predicted octanol–water partition coefficient (Wildman–Crippen LogP) is 3.89. The van der Waals surface area contributed by atoms with Crippen molar-refractivity contribution in [2.45, 2.75) is 6.42 Å². The quantitative estimate of drug-likeness (QED) is 0.739. The molecule has 3 nitrogen and oxygen atoms in total. The molecule has 3 heteroatoms. The van der Waals surface area contributed by atoms with Crippen LogP contribution in [-0.4, -0.2) is 5.11 Å². The summed E-state index contributed by atoms with van der Waals surface area (Å²) < 4.78 is 5.80. The molecule has 0 unspecified atom stereocenters. The zero-order valence-electron chi connectivity index (χ0n) is 11.4. The van der Waals surface area contributed by atoms with Gasteiger partial charge in [0.15, 0.2) is 5.43 Å². The molecule has 0 aliphatic heterocycles. The lowest BCUT2D eigenvalue weighted by Crippen LogP contribution is -2.00. The van der Waals surface area contributed by atoms with Crippen molar-refractivity contribution in [3.05, 3.63) is 77.0 Å². The number of benzene rings is 2. The molecule has 1 aromatic heterocycles. The maximum atomic E-state index is 12.2. The Labute approximate surface area is 121 Å². The molecule has 2 aromatic carbocycles. The monoisotopic (exact) mass is 278 g/mol. The Morgan fingerprint density at radius 2 is 1.95 bits per heavy atom. The van der Waals surface area contributed by atoms with E-state index in [-0.39, 0.29) is 11.2 Å². The lowest BCUT2D eigenvalue weighted by molar-refractivity contribution is 0.474. The second-order valence-electron chi connectivity index (χ2n) is 4.82. The molecule has 0 aliphatic rings. The summed E-state index contributed by atoms with van der Waals surface area (Å²) in [6.07, 6.45) is 2.51. The molecule has 0 bridgehead atoms.